The van der Waals surface area contributed by atoms with Gasteiger partial charge in [0.05, 0.1) is 5.02 Å². The summed E-state index contributed by atoms with van der Waals surface area (Å²) >= 11 is 5.73. The Kier molecular flexibility index (Phi) is 6.09. The van der Waals surface area contributed by atoms with Crippen LogP contribution in [-0.2, 0) is 4.79 Å². The smallest absolute Gasteiger partial charge is 0.253 e. The zero-order valence-corrected chi connectivity index (χ0v) is 16.9. The summed E-state index contributed by atoms with van der Waals surface area (Å²) in [5.74, 6) is 0.0528. The van der Waals surface area contributed by atoms with Crippen molar-refractivity contribution in [3.05, 3.63) is 34.6 Å². The third-order valence-electron chi connectivity index (χ3n) is 5.84. The van der Waals surface area contributed by atoms with E-state index >= 15 is 0 Å². The fourth-order valence-electron chi connectivity index (χ4n) is 4.25. The van der Waals surface area contributed by atoms with Gasteiger partial charge >= 0.3 is 0 Å². The lowest BCUT2D eigenvalue weighted by Gasteiger charge is -2.48. The third-order valence-corrected chi connectivity index (χ3v) is 6.15. The summed E-state index contributed by atoms with van der Waals surface area (Å²) in [6, 6.07) is 4.22. The highest BCUT2D eigenvalue weighted by molar-refractivity contribution is 6.30. The lowest BCUT2D eigenvalue weighted by Crippen LogP contribution is -2.55. The number of hydrogen-bond acceptors (Lipinski definition) is 2. The van der Waals surface area contributed by atoms with Crippen LogP contribution >= 0.6 is 11.6 Å². The summed E-state index contributed by atoms with van der Waals surface area (Å²) < 4.78 is 13.8. The molecular formula is C21H28ClFN2O2. The molecule has 2 heterocycles. The first-order chi connectivity index (χ1) is 12.8. The molecule has 0 aliphatic carbocycles. The van der Waals surface area contributed by atoms with Crippen LogP contribution in [0.3, 0.4) is 0 Å². The SMILES string of the molecule is CC(C)CCN1C[C@@]2(CCCN(C(=O)c3ccc(Cl)c(F)c3)C2)CCC1=O. The summed E-state index contributed by atoms with van der Waals surface area (Å²) in [6.07, 6.45) is 4.30. The van der Waals surface area contributed by atoms with E-state index in [0.29, 0.717) is 31.0 Å². The first-order valence-corrected chi connectivity index (χ1v) is 10.2. The number of carbonyl (C=O) groups excluding carboxylic acids is 2. The van der Waals surface area contributed by atoms with Crippen LogP contribution in [-0.4, -0.2) is 47.8 Å². The molecule has 0 bridgehead atoms. The van der Waals surface area contributed by atoms with Gasteiger partial charge in [0.1, 0.15) is 5.82 Å². The zero-order chi connectivity index (χ0) is 19.6. The molecule has 1 aromatic rings. The van der Waals surface area contributed by atoms with E-state index in [1.165, 1.54) is 12.1 Å². The Labute approximate surface area is 165 Å². The number of amides is 2. The van der Waals surface area contributed by atoms with Crippen molar-refractivity contribution < 1.29 is 14.0 Å². The van der Waals surface area contributed by atoms with E-state index in [1.54, 1.807) is 6.07 Å². The molecule has 0 aromatic heterocycles. The molecular weight excluding hydrogens is 367 g/mol. The summed E-state index contributed by atoms with van der Waals surface area (Å²) in [7, 11) is 0. The van der Waals surface area contributed by atoms with E-state index in [4.69, 9.17) is 11.6 Å². The highest BCUT2D eigenvalue weighted by Crippen LogP contribution is 2.39. The van der Waals surface area contributed by atoms with E-state index in [0.717, 1.165) is 38.8 Å². The molecule has 0 saturated carbocycles. The average Bonchev–Trinajstić information content (AvgIpc) is 2.64. The van der Waals surface area contributed by atoms with Crippen molar-refractivity contribution in [2.45, 2.75) is 46.0 Å². The normalized spacial score (nSPS) is 23.4. The largest absolute Gasteiger partial charge is 0.342 e. The quantitative estimate of drug-likeness (QED) is 0.760. The first kappa shape index (κ1) is 20.1. The topological polar surface area (TPSA) is 40.6 Å². The Bertz CT molecular complexity index is 724. The molecule has 2 amide bonds. The van der Waals surface area contributed by atoms with Gasteiger partial charge in [-0.25, -0.2) is 4.39 Å². The second kappa shape index (κ2) is 8.17. The highest BCUT2D eigenvalue weighted by atomic mass is 35.5. The molecule has 4 nitrogen and oxygen atoms in total. The molecule has 0 unspecified atom stereocenters. The monoisotopic (exact) mass is 394 g/mol. The molecule has 2 aliphatic rings. The predicted molar refractivity (Wildman–Crippen MR) is 104 cm³/mol. The number of likely N-dealkylation sites (tertiary alicyclic amines) is 2. The zero-order valence-electron chi connectivity index (χ0n) is 16.1. The number of hydrogen-bond donors (Lipinski definition) is 0. The van der Waals surface area contributed by atoms with Gasteiger partial charge in [0.15, 0.2) is 0 Å². The fraction of sp³-hybridized carbons (Fsp3) is 0.619. The molecule has 1 aromatic carbocycles. The molecule has 6 heteroatoms. The minimum Gasteiger partial charge on any atom is -0.342 e. The molecule has 0 N–H and O–H groups in total. The number of nitrogens with zero attached hydrogens (tertiary/aromatic N) is 2. The van der Waals surface area contributed by atoms with Gasteiger partial charge in [0, 0.05) is 43.6 Å². The van der Waals surface area contributed by atoms with Gasteiger partial charge in [0.25, 0.3) is 5.91 Å². The molecule has 27 heavy (non-hydrogen) atoms. The second-order valence-electron chi connectivity index (χ2n) is 8.46. The van der Waals surface area contributed by atoms with E-state index in [-0.39, 0.29) is 22.3 Å². The summed E-state index contributed by atoms with van der Waals surface area (Å²) in [5.41, 5.74) is 0.293. The van der Waals surface area contributed by atoms with Gasteiger partial charge in [-0.15, -0.1) is 0 Å². The van der Waals surface area contributed by atoms with Crippen molar-refractivity contribution in [1.29, 1.82) is 0 Å². The minimum absolute atomic E-state index is 0.0215. The van der Waals surface area contributed by atoms with Crippen LogP contribution in [0.1, 0.15) is 56.3 Å². The van der Waals surface area contributed by atoms with Crippen molar-refractivity contribution in [2.75, 3.05) is 26.2 Å². The second-order valence-corrected chi connectivity index (χ2v) is 8.86. The predicted octanol–water partition coefficient (Wildman–Crippen LogP) is 4.37. The Balaban J connectivity index is 1.71. The van der Waals surface area contributed by atoms with Crippen molar-refractivity contribution in [3.63, 3.8) is 0 Å². The van der Waals surface area contributed by atoms with Crippen molar-refractivity contribution in [3.8, 4) is 0 Å². The fourth-order valence-corrected chi connectivity index (χ4v) is 4.36. The van der Waals surface area contributed by atoms with Gasteiger partial charge in [-0.2, -0.15) is 0 Å². The van der Waals surface area contributed by atoms with E-state index in [2.05, 4.69) is 13.8 Å². The maximum absolute atomic E-state index is 13.8. The van der Waals surface area contributed by atoms with Gasteiger partial charge < -0.3 is 9.80 Å². The first-order valence-electron chi connectivity index (χ1n) is 9.82. The Hall–Kier alpha value is -1.62. The lowest BCUT2D eigenvalue weighted by molar-refractivity contribution is -0.139. The molecule has 1 atom stereocenters. The van der Waals surface area contributed by atoms with Crippen LogP contribution in [0.15, 0.2) is 18.2 Å². The Morgan fingerprint density at radius 3 is 2.78 bits per heavy atom. The number of piperidine rings is 2. The molecule has 2 aliphatic heterocycles. The van der Waals surface area contributed by atoms with E-state index in [1.807, 2.05) is 9.80 Å². The van der Waals surface area contributed by atoms with Crippen LogP contribution in [0.5, 0.6) is 0 Å². The Morgan fingerprint density at radius 1 is 1.30 bits per heavy atom. The number of carbonyl (C=O) groups is 2. The summed E-state index contributed by atoms with van der Waals surface area (Å²) in [4.78, 5) is 29.0. The third kappa shape index (κ3) is 4.63. The molecule has 2 fully saturated rings. The van der Waals surface area contributed by atoms with Gasteiger partial charge in [0.2, 0.25) is 5.91 Å². The average molecular weight is 395 g/mol. The number of rotatable bonds is 4. The van der Waals surface area contributed by atoms with Crippen LogP contribution in [0.4, 0.5) is 4.39 Å². The molecule has 2 saturated heterocycles. The maximum atomic E-state index is 13.8. The highest BCUT2D eigenvalue weighted by Gasteiger charge is 2.42. The van der Waals surface area contributed by atoms with Crippen LogP contribution in [0, 0.1) is 17.2 Å². The van der Waals surface area contributed by atoms with Crippen LogP contribution < -0.4 is 0 Å². The molecule has 148 valence electrons. The van der Waals surface area contributed by atoms with E-state index < -0.39 is 5.82 Å². The molecule has 1 spiro atoms. The van der Waals surface area contributed by atoms with Gasteiger partial charge in [-0.3, -0.25) is 9.59 Å². The molecule has 0 radical (unpaired) electrons. The summed E-state index contributed by atoms with van der Waals surface area (Å²) in [5, 5.41) is 0.0215. The van der Waals surface area contributed by atoms with Crippen molar-refractivity contribution in [1.82, 2.24) is 9.80 Å². The van der Waals surface area contributed by atoms with Crippen LogP contribution in [0.25, 0.3) is 0 Å². The maximum Gasteiger partial charge on any atom is 0.253 e. The number of benzene rings is 1. The number of halogens is 2. The van der Waals surface area contributed by atoms with Crippen molar-refractivity contribution in [2.24, 2.45) is 11.3 Å². The van der Waals surface area contributed by atoms with Crippen LogP contribution in [0.2, 0.25) is 5.02 Å². The summed E-state index contributed by atoms with van der Waals surface area (Å²) in [6.45, 7) is 7.13. The van der Waals surface area contributed by atoms with Crippen molar-refractivity contribution >= 4 is 23.4 Å². The molecule has 3 rings (SSSR count). The van der Waals surface area contributed by atoms with E-state index in [9.17, 15) is 14.0 Å². The standard InChI is InChI=1S/C21H28ClFN2O2/c1-15(2)7-11-24-13-21(9-6-19(24)26)8-3-10-25(14-21)20(27)16-4-5-17(22)18(23)12-16/h4-5,12,15H,3,6-11,13-14H2,1-2H3/t21-/m1/s1. The Morgan fingerprint density at radius 2 is 2.07 bits per heavy atom. The van der Waals surface area contributed by atoms with Gasteiger partial charge in [-0.05, 0) is 49.8 Å². The minimum atomic E-state index is -0.572. The van der Waals surface area contributed by atoms with Gasteiger partial charge in [-0.1, -0.05) is 25.4 Å². The lowest BCUT2D eigenvalue weighted by atomic mass is 9.73.